The van der Waals surface area contributed by atoms with Crippen LogP contribution in [0.5, 0.6) is 0 Å². The van der Waals surface area contributed by atoms with Crippen LogP contribution in [0.4, 0.5) is 0 Å². The number of esters is 3. The molecule has 0 N–H and O–H groups in total. The third-order valence-corrected chi connectivity index (χ3v) is 14.9. The maximum Gasteiger partial charge on any atom is 0.306 e. The molecule has 0 heterocycles. The first kappa shape index (κ1) is 75.6. The van der Waals surface area contributed by atoms with Gasteiger partial charge in [-0.3, -0.25) is 14.4 Å². The van der Waals surface area contributed by atoms with Gasteiger partial charge in [0.2, 0.25) is 0 Å². The molecule has 0 saturated heterocycles. The van der Waals surface area contributed by atoms with Gasteiger partial charge >= 0.3 is 17.9 Å². The maximum absolute atomic E-state index is 12.8. The molecule has 0 spiro atoms. The van der Waals surface area contributed by atoms with Crippen LogP contribution in [0, 0.1) is 0 Å². The van der Waals surface area contributed by atoms with Crippen molar-refractivity contribution in [2.24, 2.45) is 0 Å². The number of carbonyl (C=O) groups excluding carboxylic acids is 3. The van der Waals surface area contributed by atoms with Crippen molar-refractivity contribution in [3.05, 3.63) is 85.1 Å². The molecule has 6 heteroatoms. The van der Waals surface area contributed by atoms with Gasteiger partial charge in [0.25, 0.3) is 0 Å². The highest BCUT2D eigenvalue weighted by molar-refractivity contribution is 5.71. The van der Waals surface area contributed by atoms with E-state index in [-0.39, 0.29) is 31.6 Å². The normalized spacial score (nSPS) is 12.6. The van der Waals surface area contributed by atoms with Crippen molar-refractivity contribution in [1.82, 2.24) is 0 Å². The van der Waals surface area contributed by atoms with Gasteiger partial charge in [0.1, 0.15) is 13.2 Å². The van der Waals surface area contributed by atoms with Gasteiger partial charge in [-0.25, -0.2) is 0 Å². The molecular formula is C73H128O6. The van der Waals surface area contributed by atoms with Crippen LogP contribution in [0.15, 0.2) is 85.1 Å². The van der Waals surface area contributed by atoms with Crippen LogP contribution in [0.2, 0.25) is 0 Å². The first-order valence-electron chi connectivity index (χ1n) is 34.1. The molecule has 0 saturated carbocycles. The second-order valence-corrected chi connectivity index (χ2v) is 22.7. The van der Waals surface area contributed by atoms with Gasteiger partial charge in [-0.05, 0) is 77.0 Å². The van der Waals surface area contributed by atoms with Crippen molar-refractivity contribution in [2.75, 3.05) is 13.2 Å². The van der Waals surface area contributed by atoms with Crippen LogP contribution in [-0.2, 0) is 28.6 Å². The molecular weight excluding hydrogens is 973 g/mol. The molecule has 79 heavy (non-hydrogen) atoms. The Hall–Kier alpha value is -3.41. The Balaban J connectivity index is 4.06. The molecule has 456 valence electrons. The molecule has 6 nitrogen and oxygen atoms in total. The highest BCUT2D eigenvalue weighted by Crippen LogP contribution is 2.18. The molecule has 0 aromatic rings. The Bertz CT molecular complexity index is 1500. The third-order valence-electron chi connectivity index (χ3n) is 14.9. The predicted octanol–water partition coefficient (Wildman–Crippen LogP) is 23.4. The quantitative estimate of drug-likeness (QED) is 0.0261. The first-order chi connectivity index (χ1) is 39.0. The van der Waals surface area contributed by atoms with Crippen molar-refractivity contribution < 1.29 is 28.6 Å². The summed E-state index contributed by atoms with van der Waals surface area (Å²) in [5, 5.41) is 0. The number of hydrogen-bond donors (Lipinski definition) is 0. The van der Waals surface area contributed by atoms with Gasteiger partial charge in [0, 0.05) is 19.3 Å². The van der Waals surface area contributed by atoms with Crippen LogP contribution < -0.4 is 0 Å². The Labute approximate surface area is 490 Å². The average molecular weight is 1100 g/mol. The number of unbranched alkanes of at least 4 members (excludes halogenated alkanes) is 37. The fraction of sp³-hybridized carbons (Fsp3) is 0.767. The minimum atomic E-state index is -0.826. The summed E-state index contributed by atoms with van der Waals surface area (Å²) in [5.74, 6) is -1.02. The Morgan fingerprint density at radius 1 is 0.266 bits per heavy atom. The van der Waals surface area contributed by atoms with Crippen LogP contribution in [-0.4, -0.2) is 37.2 Å². The maximum atomic E-state index is 12.8. The van der Waals surface area contributed by atoms with Crippen LogP contribution >= 0.6 is 0 Å². The van der Waals surface area contributed by atoms with Crippen molar-refractivity contribution in [3.63, 3.8) is 0 Å². The van der Waals surface area contributed by atoms with Gasteiger partial charge in [0.05, 0.1) is 0 Å². The second kappa shape index (κ2) is 67.1. The molecule has 0 aliphatic rings. The highest BCUT2D eigenvalue weighted by Gasteiger charge is 2.19. The minimum absolute atomic E-state index is 0.113. The van der Waals surface area contributed by atoms with Crippen LogP contribution in [0.25, 0.3) is 0 Å². The van der Waals surface area contributed by atoms with E-state index in [0.717, 1.165) is 89.9 Å². The predicted molar refractivity (Wildman–Crippen MR) is 344 cm³/mol. The van der Waals surface area contributed by atoms with E-state index in [1.165, 1.54) is 205 Å². The molecule has 0 aliphatic carbocycles. The van der Waals surface area contributed by atoms with Gasteiger partial charge in [-0.1, -0.05) is 331 Å². The monoisotopic (exact) mass is 1100 g/mol. The van der Waals surface area contributed by atoms with Gasteiger partial charge < -0.3 is 14.2 Å². The van der Waals surface area contributed by atoms with Crippen molar-refractivity contribution in [2.45, 2.75) is 348 Å². The van der Waals surface area contributed by atoms with Gasteiger partial charge in [-0.2, -0.15) is 0 Å². The Morgan fingerprint density at radius 2 is 0.519 bits per heavy atom. The summed E-state index contributed by atoms with van der Waals surface area (Å²) in [6.45, 7) is 6.35. The molecule has 0 radical (unpaired) electrons. The number of allylic oxidation sites excluding steroid dienone is 14. The largest absolute Gasteiger partial charge is 0.462 e. The van der Waals surface area contributed by atoms with E-state index in [2.05, 4.69) is 93.7 Å². The van der Waals surface area contributed by atoms with Crippen molar-refractivity contribution >= 4 is 17.9 Å². The number of hydrogen-bond acceptors (Lipinski definition) is 6. The zero-order valence-corrected chi connectivity index (χ0v) is 52.4. The van der Waals surface area contributed by atoms with E-state index < -0.39 is 12.1 Å². The summed E-state index contributed by atoms with van der Waals surface area (Å²) in [6, 6.07) is 0. The topological polar surface area (TPSA) is 78.9 Å². The summed E-state index contributed by atoms with van der Waals surface area (Å²) in [7, 11) is 0. The van der Waals surface area contributed by atoms with Gasteiger partial charge in [-0.15, -0.1) is 0 Å². The Morgan fingerprint density at radius 3 is 0.823 bits per heavy atom. The van der Waals surface area contributed by atoms with E-state index in [0.29, 0.717) is 19.3 Å². The zero-order chi connectivity index (χ0) is 57.1. The van der Waals surface area contributed by atoms with Crippen molar-refractivity contribution in [3.8, 4) is 0 Å². The molecule has 0 amide bonds. The Kier molecular flexibility index (Phi) is 64.2. The lowest BCUT2D eigenvalue weighted by atomic mass is 10.0. The standard InChI is InChI=1S/C73H128O6/c1-4-7-10-13-16-19-22-25-26-27-28-29-30-31-32-33-34-35-36-37-38-39-40-41-42-43-44-45-46-49-51-54-57-60-63-66-72(75)78-69-70(79-73(76)67-64-61-58-55-52-48-24-21-18-15-12-9-6-3)68-77-71(74)65-62-59-56-53-50-47-23-20-17-14-11-8-5-2/h8-9,11-12,17-18,20-21,47-48,50,52,58,61,70H,4-7,10,13-16,19,22-46,49,51,53-57,59-60,62-69H2,1-3H3/b11-8-,12-9-,20-17-,21-18-,50-47-,52-48-,61-58-. The summed E-state index contributed by atoms with van der Waals surface area (Å²) >= 11 is 0. The van der Waals surface area contributed by atoms with Crippen LogP contribution in [0.1, 0.15) is 342 Å². The molecule has 0 fully saturated rings. The summed E-state index contributed by atoms with van der Waals surface area (Å²) in [6.07, 6.45) is 89.6. The van der Waals surface area contributed by atoms with E-state index in [9.17, 15) is 14.4 Å². The smallest absolute Gasteiger partial charge is 0.306 e. The lowest BCUT2D eigenvalue weighted by Gasteiger charge is -2.18. The van der Waals surface area contributed by atoms with E-state index in [1.807, 2.05) is 12.2 Å². The summed E-state index contributed by atoms with van der Waals surface area (Å²) < 4.78 is 16.8. The molecule has 1 unspecified atom stereocenters. The molecule has 0 bridgehead atoms. The number of rotatable bonds is 62. The second-order valence-electron chi connectivity index (χ2n) is 22.7. The fourth-order valence-corrected chi connectivity index (χ4v) is 9.89. The lowest BCUT2D eigenvalue weighted by Crippen LogP contribution is -2.30. The minimum Gasteiger partial charge on any atom is -0.462 e. The van der Waals surface area contributed by atoms with E-state index in [4.69, 9.17) is 14.2 Å². The SMILES string of the molecule is CC/C=C\C/C=C\C/C=C\C/C=C\CCC(=O)OC(COC(=O)CCCCC/C=C\C/C=C\C/C=C\CC)COC(=O)CCCCCCCCCCCCCCCCCCCCCCCCCCCCCCCCCCCCC. The first-order valence-corrected chi connectivity index (χ1v) is 34.1. The molecule has 0 rings (SSSR count). The summed E-state index contributed by atoms with van der Waals surface area (Å²) in [5.41, 5.74) is 0. The number of carbonyl (C=O) groups is 3. The van der Waals surface area contributed by atoms with E-state index >= 15 is 0 Å². The van der Waals surface area contributed by atoms with Crippen molar-refractivity contribution in [1.29, 1.82) is 0 Å². The fourth-order valence-electron chi connectivity index (χ4n) is 9.89. The number of ether oxygens (including phenoxy) is 3. The third kappa shape index (κ3) is 65.3. The summed E-state index contributed by atoms with van der Waals surface area (Å²) in [4.78, 5) is 38.1. The molecule has 1 atom stereocenters. The van der Waals surface area contributed by atoms with E-state index in [1.54, 1.807) is 0 Å². The highest BCUT2D eigenvalue weighted by atomic mass is 16.6. The van der Waals surface area contributed by atoms with Gasteiger partial charge in [0.15, 0.2) is 6.10 Å². The molecule has 0 aliphatic heterocycles. The zero-order valence-electron chi connectivity index (χ0n) is 52.4. The molecule has 0 aromatic carbocycles. The van der Waals surface area contributed by atoms with Crippen LogP contribution in [0.3, 0.4) is 0 Å². The lowest BCUT2D eigenvalue weighted by molar-refractivity contribution is -0.166. The molecule has 0 aromatic heterocycles. The average Bonchev–Trinajstić information content (AvgIpc) is 3.45.